The fraction of sp³-hybridized carbons (Fsp3) is 0.444. The molecule has 2 aromatic carbocycles. The number of carbonyl (C=O) groups is 2. The summed E-state index contributed by atoms with van der Waals surface area (Å²) in [4.78, 5) is 26.9. The van der Waals surface area contributed by atoms with Crippen molar-refractivity contribution in [1.82, 2.24) is 9.91 Å². The molecule has 198 valence electrons. The van der Waals surface area contributed by atoms with Crippen LogP contribution in [-0.2, 0) is 11.3 Å². The van der Waals surface area contributed by atoms with E-state index in [2.05, 4.69) is 15.3 Å². The van der Waals surface area contributed by atoms with E-state index < -0.39 is 6.09 Å². The van der Waals surface area contributed by atoms with Crippen LogP contribution in [0.5, 0.6) is 11.5 Å². The zero-order chi connectivity index (χ0) is 26.0. The molecule has 2 amide bonds. The van der Waals surface area contributed by atoms with E-state index in [1.165, 1.54) is 29.6 Å². The second kappa shape index (κ2) is 13.3. The fourth-order valence-corrected chi connectivity index (χ4v) is 4.88. The van der Waals surface area contributed by atoms with Gasteiger partial charge in [0.15, 0.2) is 11.5 Å². The summed E-state index contributed by atoms with van der Waals surface area (Å²) in [7, 11) is 1.61. The van der Waals surface area contributed by atoms with Gasteiger partial charge >= 0.3 is 11.3 Å². The highest BCUT2D eigenvalue weighted by molar-refractivity contribution is 8.14. The van der Waals surface area contributed by atoms with Crippen LogP contribution < -0.4 is 14.8 Å². The molecule has 2 aliphatic heterocycles. The minimum Gasteiger partial charge on any atom is -0.493 e. The van der Waals surface area contributed by atoms with Crippen LogP contribution in [0.3, 0.4) is 0 Å². The molecule has 1 N–H and O–H groups in total. The van der Waals surface area contributed by atoms with Crippen molar-refractivity contribution >= 4 is 34.5 Å². The van der Waals surface area contributed by atoms with Crippen LogP contribution in [0.1, 0.15) is 37.3 Å². The number of amides is 2. The molecule has 2 aromatic rings. The Morgan fingerprint density at radius 1 is 1.08 bits per heavy atom. The second-order valence-electron chi connectivity index (χ2n) is 8.88. The van der Waals surface area contributed by atoms with Gasteiger partial charge in [-0.3, -0.25) is 15.0 Å². The van der Waals surface area contributed by atoms with Gasteiger partial charge in [0.25, 0.3) is 0 Å². The summed E-state index contributed by atoms with van der Waals surface area (Å²) in [6.07, 6.45) is 2.85. The molecular formula is C27H34N4O5S. The maximum Gasteiger partial charge on any atom is 0.411 e. The lowest BCUT2D eigenvalue weighted by Crippen LogP contribution is -2.29. The number of ether oxygens (including phenoxy) is 3. The van der Waals surface area contributed by atoms with Gasteiger partial charge in [-0.05, 0) is 68.2 Å². The van der Waals surface area contributed by atoms with E-state index in [4.69, 9.17) is 14.2 Å². The van der Waals surface area contributed by atoms with Gasteiger partial charge in [-0.1, -0.05) is 30.8 Å². The lowest BCUT2D eigenvalue weighted by molar-refractivity contribution is 0.146. The molecule has 37 heavy (non-hydrogen) atoms. The zero-order valence-corrected chi connectivity index (χ0v) is 22.2. The Bertz CT molecular complexity index is 1100. The van der Waals surface area contributed by atoms with Crippen molar-refractivity contribution in [3.05, 3.63) is 53.6 Å². The lowest BCUT2D eigenvalue weighted by Gasteiger charge is -2.23. The number of hydrogen-bond acceptors (Lipinski definition) is 8. The van der Waals surface area contributed by atoms with Crippen molar-refractivity contribution in [2.24, 2.45) is 5.10 Å². The van der Waals surface area contributed by atoms with Gasteiger partial charge in [-0.2, -0.15) is 5.10 Å². The predicted octanol–water partition coefficient (Wildman–Crippen LogP) is 5.20. The zero-order valence-electron chi connectivity index (χ0n) is 21.4. The smallest absolute Gasteiger partial charge is 0.411 e. The number of thioether (sulfide) groups is 1. The average Bonchev–Trinajstić information content (AvgIpc) is 3.43. The highest BCUT2D eigenvalue weighted by atomic mass is 32.2. The van der Waals surface area contributed by atoms with Crippen molar-refractivity contribution < 1.29 is 23.8 Å². The maximum atomic E-state index is 12.6. The number of hydrogen-bond donors (Lipinski definition) is 1. The lowest BCUT2D eigenvalue weighted by atomic mass is 10.1. The molecule has 2 heterocycles. The summed E-state index contributed by atoms with van der Waals surface area (Å²) >= 11 is 1.22. The summed E-state index contributed by atoms with van der Waals surface area (Å²) in [6, 6.07) is 13.0. The average molecular weight is 527 g/mol. The molecule has 0 bridgehead atoms. The largest absolute Gasteiger partial charge is 0.493 e. The molecule has 0 radical (unpaired) electrons. The number of likely N-dealkylation sites (tertiary alicyclic amines) is 1. The third kappa shape index (κ3) is 7.62. The number of hydrazone groups is 1. The quantitative estimate of drug-likeness (QED) is 0.430. The number of carbonyl (C=O) groups excluding carboxylic acids is 2. The molecule has 4 rings (SSSR count). The summed E-state index contributed by atoms with van der Waals surface area (Å²) in [5, 5.41) is 8.74. The molecule has 0 unspecified atom stereocenters. The normalized spacial score (nSPS) is 15.9. The Morgan fingerprint density at radius 2 is 1.86 bits per heavy atom. The van der Waals surface area contributed by atoms with Crippen LogP contribution in [-0.4, -0.2) is 72.7 Å². The summed E-state index contributed by atoms with van der Waals surface area (Å²) in [5.74, 6) is 1.81. The molecule has 9 nitrogen and oxygen atoms in total. The van der Waals surface area contributed by atoms with Crippen molar-refractivity contribution in [1.29, 1.82) is 0 Å². The number of methoxy groups -OCH3 is 1. The van der Waals surface area contributed by atoms with Crippen LogP contribution in [0.2, 0.25) is 0 Å². The van der Waals surface area contributed by atoms with E-state index in [0.29, 0.717) is 42.7 Å². The monoisotopic (exact) mass is 526 g/mol. The first kappa shape index (κ1) is 26.8. The van der Waals surface area contributed by atoms with Gasteiger partial charge in [-0.15, -0.1) is 0 Å². The van der Waals surface area contributed by atoms with Crippen molar-refractivity contribution in [3.63, 3.8) is 0 Å². The van der Waals surface area contributed by atoms with Gasteiger partial charge < -0.3 is 14.2 Å². The van der Waals surface area contributed by atoms with E-state index in [9.17, 15) is 9.59 Å². The number of anilines is 1. The predicted molar refractivity (Wildman–Crippen MR) is 146 cm³/mol. The second-order valence-corrected chi connectivity index (χ2v) is 9.81. The topological polar surface area (TPSA) is 92.7 Å². The Labute approximate surface area is 222 Å². The molecule has 0 aliphatic carbocycles. The number of nitrogens with one attached hydrogen (secondary N) is 1. The molecule has 0 atom stereocenters. The van der Waals surface area contributed by atoms with Crippen LogP contribution in [0.15, 0.2) is 47.6 Å². The van der Waals surface area contributed by atoms with E-state index in [1.807, 2.05) is 37.3 Å². The molecule has 10 heteroatoms. The first-order chi connectivity index (χ1) is 18.1. The van der Waals surface area contributed by atoms with Gasteiger partial charge in [0.1, 0.15) is 6.61 Å². The molecular weight excluding hydrogens is 492 g/mol. The van der Waals surface area contributed by atoms with Crippen LogP contribution in [0.4, 0.5) is 15.3 Å². The molecule has 1 fully saturated rings. The van der Waals surface area contributed by atoms with Crippen molar-refractivity contribution in [3.8, 4) is 11.5 Å². The van der Waals surface area contributed by atoms with E-state index in [0.717, 1.165) is 42.9 Å². The van der Waals surface area contributed by atoms with Crippen LogP contribution >= 0.6 is 11.8 Å². The standard InChI is InChI=1S/C27H34N4O5S/c1-3-15-35-25-17-21(8-11-24(25)34-2)23-19-37-27(33)31(29-23)18-20-6-9-22(10-7-20)28-26(32)36-16-14-30-12-4-5-13-30/h6-11,17H,3-5,12-16,18-19H2,1-2H3,(H,28,32). The van der Waals surface area contributed by atoms with Crippen molar-refractivity contribution in [2.45, 2.75) is 32.7 Å². The van der Waals surface area contributed by atoms with Crippen LogP contribution in [0.25, 0.3) is 0 Å². The van der Waals surface area contributed by atoms with Crippen LogP contribution in [0, 0.1) is 0 Å². The van der Waals surface area contributed by atoms with E-state index in [1.54, 1.807) is 19.2 Å². The molecule has 0 saturated carbocycles. The summed E-state index contributed by atoms with van der Waals surface area (Å²) < 4.78 is 16.5. The third-order valence-electron chi connectivity index (χ3n) is 6.12. The molecule has 0 aromatic heterocycles. The minimum atomic E-state index is -0.467. The first-order valence-corrected chi connectivity index (χ1v) is 13.6. The van der Waals surface area contributed by atoms with Gasteiger partial charge in [-0.25, -0.2) is 9.80 Å². The summed E-state index contributed by atoms with van der Waals surface area (Å²) in [5.41, 5.74) is 3.22. The van der Waals surface area contributed by atoms with Gasteiger partial charge in [0, 0.05) is 23.5 Å². The Balaban J connectivity index is 1.34. The molecule has 1 saturated heterocycles. The highest BCUT2D eigenvalue weighted by Gasteiger charge is 2.23. The molecule has 0 spiro atoms. The maximum absolute atomic E-state index is 12.6. The van der Waals surface area contributed by atoms with Crippen molar-refractivity contribution in [2.75, 3.05) is 51.0 Å². The van der Waals surface area contributed by atoms with Gasteiger partial charge in [0.2, 0.25) is 0 Å². The minimum absolute atomic E-state index is 0.108. The van der Waals surface area contributed by atoms with Gasteiger partial charge in [0.05, 0.1) is 26.0 Å². The Morgan fingerprint density at radius 3 is 2.59 bits per heavy atom. The number of rotatable bonds is 11. The van der Waals surface area contributed by atoms with E-state index >= 15 is 0 Å². The summed E-state index contributed by atoms with van der Waals surface area (Å²) in [6.45, 7) is 6.25. The Hall–Kier alpha value is -3.24. The fourth-order valence-electron chi connectivity index (χ4n) is 4.14. The Kier molecular flexibility index (Phi) is 9.67. The molecule has 2 aliphatic rings. The third-order valence-corrected chi connectivity index (χ3v) is 6.99. The first-order valence-electron chi connectivity index (χ1n) is 12.6. The van der Waals surface area contributed by atoms with E-state index in [-0.39, 0.29) is 5.24 Å². The highest BCUT2D eigenvalue weighted by Crippen LogP contribution is 2.30. The number of nitrogens with zero attached hydrogens (tertiary/aromatic N) is 3. The SMILES string of the molecule is CCCOc1cc(C2=NN(Cc3ccc(NC(=O)OCCN4CCCC4)cc3)C(=O)SC2)ccc1OC. The number of benzene rings is 2.